The molecule has 4 nitrogen and oxygen atoms in total. The number of amides is 1. The number of benzene rings is 3. The fraction of sp³-hybridized carbons (Fsp3) is 0.231. The summed E-state index contributed by atoms with van der Waals surface area (Å²) >= 11 is 0. The molecule has 1 aromatic heterocycles. The number of nitrogens with one attached hydrogen (secondary N) is 2. The first-order valence-electron chi connectivity index (χ1n) is 10.5. The molecular formula is C26H27N3O. The van der Waals surface area contributed by atoms with Gasteiger partial charge >= 0.3 is 0 Å². The number of H-pyrrole nitrogens is 1. The number of carbonyl (C=O) groups excluding carboxylic acids is 1. The third kappa shape index (κ3) is 4.60. The van der Waals surface area contributed by atoms with Crippen molar-refractivity contribution in [3.05, 3.63) is 95.3 Å². The second-order valence-electron chi connectivity index (χ2n) is 7.77. The second kappa shape index (κ2) is 8.95. The molecule has 0 aliphatic heterocycles. The molecule has 0 aliphatic rings. The van der Waals surface area contributed by atoms with Gasteiger partial charge in [0.1, 0.15) is 5.82 Å². The number of carbonyl (C=O) groups is 1. The van der Waals surface area contributed by atoms with Crippen LogP contribution in [0.2, 0.25) is 0 Å². The van der Waals surface area contributed by atoms with Gasteiger partial charge < -0.3 is 10.3 Å². The number of rotatable bonds is 7. The highest BCUT2D eigenvalue weighted by atomic mass is 16.1. The minimum atomic E-state index is -0.145. The fourth-order valence-electron chi connectivity index (χ4n) is 3.85. The van der Waals surface area contributed by atoms with Gasteiger partial charge in [0.2, 0.25) is 5.91 Å². The standard InChI is InChI=1S/C26H27N3O/c1-3-22(20-9-5-4-6-10-20)26(30)27-21-11-7-8-19(17-21)13-15-25-28-23-14-12-18(2)16-24(23)29-25/h4-12,14,16-17,22H,3,13,15H2,1-2H3,(H,27,30)(H,28,29)/t22-/m0/s1. The normalized spacial score (nSPS) is 12.1. The average molecular weight is 398 g/mol. The van der Waals surface area contributed by atoms with Crippen molar-refractivity contribution >= 4 is 22.6 Å². The Morgan fingerprint density at radius 2 is 1.83 bits per heavy atom. The highest BCUT2D eigenvalue weighted by Gasteiger charge is 2.18. The summed E-state index contributed by atoms with van der Waals surface area (Å²) in [7, 11) is 0. The molecule has 4 rings (SSSR count). The number of imidazole rings is 1. The van der Waals surface area contributed by atoms with E-state index in [0.717, 1.165) is 47.4 Å². The molecule has 1 heterocycles. The van der Waals surface area contributed by atoms with E-state index in [2.05, 4.69) is 52.5 Å². The maximum absolute atomic E-state index is 12.8. The van der Waals surface area contributed by atoms with Crippen LogP contribution < -0.4 is 5.32 Å². The zero-order valence-electron chi connectivity index (χ0n) is 17.5. The summed E-state index contributed by atoms with van der Waals surface area (Å²) in [5.74, 6) is 0.877. The van der Waals surface area contributed by atoms with Crippen LogP contribution in [-0.2, 0) is 17.6 Å². The van der Waals surface area contributed by atoms with Crippen molar-refractivity contribution in [2.45, 2.75) is 39.0 Å². The maximum Gasteiger partial charge on any atom is 0.231 e. The van der Waals surface area contributed by atoms with Crippen LogP contribution in [0.5, 0.6) is 0 Å². The minimum Gasteiger partial charge on any atom is -0.342 e. The highest BCUT2D eigenvalue weighted by Crippen LogP contribution is 2.22. The molecule has 2 N–H and O–H groups in total. The third-order valence-electron chi connectivity index (χ3n) is 5.46. The van der Waals surface area contributed by atoms with Crippen LogP contribution in [-0.4, -0.2) is 15.9 Å². The number of hydrogen-bond acceptors (Lipinski definition) is 2. The number of nitrogens with zero attached hydrogens (tertiary/aromatic N) is 1. The Kier molecular flexibility index (Phi) is 5.94. The van der Waals surface area contributed by atoms with Crippen molar-refractivity contribution in [3.8, 4) is 0 Å². The zero-order chi connectivity index (χ0) is 20.9. The lowest BCUT2D eigenvalue weighted by molar-refractivity contribution is -0.117. The van der Waals surface area contributed by atoms with Crippen molar-refractivity contribution < 1.29 is 4.79 Å². The number of aryl methyl sites for hydroxylation is 3. The van der Waals surface area contributed by atoms with E-state index in [4.69, 9.17) is 0 Å². The summed E-state index contributed by atoms with van der Waals surface area (Å²) in [4.78, 5) is 20.9. The molecule has 1 amide bonds. The molecule has 0 spiro atoms. The summed E-state index contributed by atoms with van der Waals surface area (Å²) in [6, 6.07) is 24.3. The van der Waals surface area contributed by atoms with Crippen LogP contribution in [0.4, 0.5) is 5.69 Å². The van der Waals surface area contributed by atoms with Crippen LogP contribution in [0.1, 0.15) is 41.8 Å². The quantitative estimate of drug-likeness (QED) is 0.415. The molecule has 0 aliphatic carbocycles. The minimum absolute atomic E-state index is 0.0357. The summed E-state index contributed by atoms with van der Waals surface area (Å²) in [6.45, 7) is 4.13. The summed E-state index contributed by atoms with van der Waals surface area (Å²) in [5.41, 5.74) is 6.38. The Balaban J connectivity index is 1.42. The molecule has 0 radical (unpaired) electrons. The van der Waals surface area contributed by atoms with Crippen molar-refractivity contribution in [2.75, 3.05) is 5.32 Å². The first kappa shape index (κ1) is 19.9. The van der Waals surface area contributed by atoms with E-state index < -0.39 is 0 Å². The number of fused-ring (bicyclic) bond motifs is 1. The molecule has 0 unspecified atom stereocenters. The van der Waals surface area contributed by atoms with Gasteiger partial charge in [-0.2, -0.15) is 0 Å². The van der Waals surface area contributed by atoms with Crippen molar-refractivity contribution in [3.63, 3.8) is 0 Å². The van der Waals surface area contributed by atoms with Crippen molar-refractivity contribution in [1.29, 1.82) is 0 Å². The molecule has 0 saturated carbocycles. The molecule has 152 valence electrons. The van der Waals surface area contributed by atoms with Gasteiger partial charge in [0, 0.05) is 12.1 Å². The van der Waals surface area contributed by atoms with Gasteiger partial charge in [-0.15, -0.1) is 0 Å². The van der Waals surface area contributed by atoms with Gasteiger partial charge in [0.25, 0.3) is 0 Å². The summed E-state index contributed by atoms with van der Waals surface area (Å²) in [5, 5.41) is 3.10. The largest absolute Gasteiger partial charge is 0.342 e. The monoisotopic (exact) mass is 397 g/mol. The third-order valence-corrected chi connectivity index (χ3v) is 5.46. The van der Waals surface area contributed by atoms with E-state index in [1.54, 1.807) is 0 Å². The molecule has 1 atom stereocenters. The zero-order valence-corrected chi connectivity index (χ0v) is 17.5. The van der Waals surface area contributed by atoms with Crippen LogP contribution in [0.15, 0.2) is 72.8 Å². The lowest BCUT2D eigenvalue weighted by Gasteiger charge is -2.16. The number of aromatic amines is 1. The predicted octanol–water partition coefficient (Wildman–Crippen LogP) is 5.79. The average Bonchev–Trinajstić information content (AvgIpc) is 3.16. The summed E-state index contributed by atoms with van der Waals surface area (Å²) < 4.78 is 0. The molecular weight excluding hydrogens is 370 g/mol. The SMILES string of the molecule is CC[C@H](C(=O)Nc1cccc(CCc2nc3ccc(C)cc3[nH]2)c1)c1ccccc1. The second-order valence-corrected chi connectivity index (χ2v) is 7.77. The highest BCUT2D eigenvalue weighted by molar-refractivity contribution is 5.95. The predicted molar refractivity (Wildman–Crippen MR) is 123 cm³/mol. The smallest absolute Gasteiger partial charge is 0.231 e. The molecule has 4 heteroatoms. The Morgan fingerprint density at radius 1 is 1.00 bits per heavy atom. The lowest BCUT2D eigenvalue weighted by atomic mass is 9.95. The molecule has 0 bridgehead atoms. The topological polar surface area (TPSA) is 57.8 Å². The number of hydrogen-bond donors (Lipinski definition) is 2. The summed E-state index contributed by atoms with van der Waals surface area (Å²) in [6.07, 6.45) is 2.45. The fourth-order valence-corrected chi connectivity index (χ4v) is 3.85. The van der Waals surface area contributed by atoms with E-state index in [9.17, 15) is 4.79 Å². The van der Waals surface area contributed by atoms with Gasteiger partial charge in [0.15, 0.2) is 0 Å². The first-order valence-corrected chi connectivity index (χ1v) is 10.5. The Labute approximate surface area is 177 Å². The van der Waals surface area contributed by atoms with E-state index in [1.165, 1.54) is 11.1 Å². The van der Waals surface area contributed by atoms with E-state index in [1.807, 2.05) is 49.4 Å². The van der Waals surface area contributed by atoms with Crippen LogP contribution >= 0.6 is 0 Å². The van der Waals surface area contributed by atoms with Gasteiger partial charge in [-0.3, -0.25) is 4.79 Å². The molecule has 0 saturated heterocycles. The lowest BCUT2D eigenvalue weighted by Crippen LogP contribution is -2.20. The number of aromatic nitrogens is 2. The van der Waals surface area contributed by atoms with Gasteiger partial charge in [0.05, 0.1) is 17.0 Å². The Hall–Kier alpha value is -3.40. The van der Waals surface area contributed by atoms with Crippen LogP contribution in [0.3, 0.4) is 0 Å². The van der Waals surface area contributed by atoms with Crippen LogP contribution in [0.25, 0.3) is 11.0 Å². The van der Waals surface area contributed by atoms with Crippen molar-refractivity contribution in [2.24, 2.45) is 0 Å². The van der Waals surface area contributed by atoms with Crippen LogP contribution in [0, 0.1) is 6.92 Å². The van der Waals surface area contributed by atoms with Gasteiger partial charge in [-0.1, -0.05) is 55.5 Å². The molecule has 30 heavy (non-hydrogen) atoms. The first-order chi connectivity index (χ1) is 14.6. The molecule has 0 fully saturated rings. The Bertz CT molecular complexity index is 1150. The van der Waals surface area contributed by atoms with E-state index in [-0.39, 0.29) is 11.8 Å². The molecule has 4 aromatic rings. The maximum atomic E-state index is 12.8. The van der Waals surface area contributed by atoms with E-state index >= 15 is 0 Å². The Morgan fingerprint density at radius 3 is 2.63 bits per heavy atom. The van der Waals surface area contributed by atoms with E-state index in [0.29, 0.717) is 0 Å². The van der Waals surface area contributed by atoms with Gasteiger partial charge in [-0.05, 0) is 60.7 Å². The molecule has 3 aromatic carbocycles. The van der Waals surface area contributed by atoms with Gasteiger partial charge in [-0.25, -0.2) is 4.98 Å². The number of anilines is 1. The van der Waals surface area contributed by atoms with Crippen molar-refractivity contribution in [1.82, 2.24) is 9.97 Å².